The molecule has 0 spiro atoms. The van der Waals surface area contributed by atoms with E-state index < -0.39 is 0 Å². The first kappa shape index (κ1) is 15.6. The van der Waals surface area contributed by atoms with Crippen molar-refractivity contribution in [2.24, 2.45) is 0 Å². The van der Waals surface area contributed by atoms with E-state index >= 15 is 0 Å². The van der Waals surface area contributed by atoms with Crippen LogP contribution in [-0.4, -0.2) is 35.5 Å². The smallest absolute Gasteiger partial charge is 0.276 e. The summed E-state index contributed by atoms with van der Waals surface area (Å²) in [5, 5.41) is 0. The summed E-state index contributed by atoms with van der Waals surface area (Å²) < 4.78 is 29.4. The maximum atomic E-state index is 13.1. The molecule has 4 rings (SSSR count). The van der Waals surface area contributed by atoms with Gasteiger partial charge in [0, 0.05) is 6.54 Å². The summed E-state index contributed by atoms with van der Waals surface area (Å²) in [4.78, 5) is 18.6. The standard InChI is InChI=1S/C18H15FN2O4/c19-13-5-3-12(4-6-13)15-10-21(7-9-24-15)18(22)16-17(25-11-20-16)14-2-1-8-23-14/h1-6,8,11,15H,7,9-10H2/t15-/m0/s1. The Labute approximate surface area is 142 Å². The number of halogens is 1. The van der Waals surface area contributed by atoms with Gasteiger partial charge in [-0.05, 0) is 29.8 Å². The molecule has 7 heteroatoms. The lowest BCUT2D eigenvalue weighted by Gasteiger charge is -2.32. The van der Waals surface area contributed by atoms with E-state index in [9.17, 15) is 9.18 Å². The van der Waals surface area contributed by atoms with Crippen molar-refractivity contribution in [3.05, 3.63) is 66.1 Å². The second-order valence-electron chi connectivity index (χ2n) is 5.67. The van der Waals surface area contributed by atoms with Gasteiger partial charge in [-0.2, -0.15) is 0 Å². The van der Waals surface area contributed by atoms with Gasteiger partial charge in [0.25, 0.3) is 5.91 Å². The van der Waals surface area contributed by atoms with Crippen LogP contribution in [0.2, 0.25) is 0 Å². The fourth-order valence-corrected chi connectivity index (χ4v) is 2.84. The van der Waals surface area contributed by atoms with E-state index in [1.807, 2.05) is 0 Å². The molecule has 1 aliphatic rings. The fraction of sp³-hybridized carbons (Fsp3) is 0.222. The number of furan rings is 1. The predicted molar refractivity (Wildman–Crippen MR) is 85.2 cm³/mol. The summed E-state index contributed by atoms with van der Waals surface area (Å²) in [6, 6.07) is 9.51. The average molecular weight is 342 g/mol. The Hall–Kier alpha value is -2.93. The largest absolute Gasteiger partial charge is 0.461 e. The number of rotatable bonds is 3. The highest BCUT2D eigenvalue weighted by molar-refractivity contribution is 5.97. The number of benzene rings is 1. The van der Waals surface area contributed by atoms with Gasteiger partial charge < -0.3 is 18.5 Å². The Morgan fingerprint density at radius 2 is 2.04 bits per heavy atom. The lowest BCUT2D eigenvalue weighted by Crippen LogP contribution is -2.42. The quantitative estimate of drug-likeness (QED) is 0.730. The third kappa shape index (κ3) is 3.06. The normalized spacial score (nSPS) is 17.6. The first-order valence-corrected chi connectivity index (χ1v) is 7.86. The Morgan fingerprint density at radius 1 is 1.20 bits per heavy atom. The maximum Gasteiger partial charge on any atom is 0.276 e. The number of hydrogen-bond acceptors (Lipinski definition) is 5. The van der Waals surface area contributed by atoms with E-state index in [1.54, 1.807) is 29.2 Å². The minimum atomic E-state index is -0.308. The van der Waals surface area contributed by atoms with Crippen LogP contribution >= 0.6 is 0 Å². The van der Waals surface area contributed by atoms with E-state index in [-0.39, 0.29) is 23.5 Å². The molecule has 2 aromatic heterocycles. The Morgan fingerprint density at radius 3 is 2.80 bits per heavy atom. The number of carbonyl (C=O) groups excluding carboxylic acids is 1. The van der Waals surface area contributed by atoms with Crippen molar-refractivity contribution in [1.82, 2.24) is 9.88 Å². The molecule has 3 heterocycles. The van der Waals surface area contributed by atoms with Crippen LogP contribution in [-0.2, 0) is 4.74 Å². The number of morpholine rings is 1. The van der Waals surface area contributed by atoms with Crippen molar-refractivity contribution >= 4 is 5.91 Å². The van der Waals surface area contributed by atoms with Crippen LogP contribution in [0.3, 0.4) is 0 Å². The Balaban J connectivity index is 1.55. The van der Waals surface area contributed by atoms with E-state index in [0.717, 1.165) is 5.56 Å². The van der Waals surface area contributed by atoms with Gasteiger partial charge >= 0.3 is 0 Å². The highest BCUT2D eigenvalue weighted by atomic mass is 19.1. The molecule has 1 aliphatic heterocycles. The summed E-state index contributed by atoms with van der Waals surface area (Å²) in [6.45, 7) is 1.19. The van der Waals surface area contributed by atoms with Crippen LogP contribution in [0, 0.1) is 5.82 Å². The van der Waals surface area contributed by atoms with Crippen molar-refractivity contribution in [3.8, 4) is 11.5 Å². The molecular weight excluding hydrogens is 327 g/mol. The number of oxazole rings is 1. The van der Waals surface area contributed by atoms with Gasteiger partial charge in [-0.3, -0.25) is 4.79 Å². The molecule has 1 aromatic carbocycles. The third-order valence-corrected chi connectivity index (χ3v) is 4.11. The average Bonchev–Trinajstić information content (AvgIpc) is 3.33. The molecule has 0 radical (unpaired) electrons. The highest BCUT2D eigenvalue weighted by Gasteiger charge is 2.30. The molecule has 0 aliphatic carbocycles. The van der Waals surface area contributed by atoms with Crippen molar-refractivity contribution < 1.29 is 22.8 Å². The van der Waals surface area contributed by atoms with Crippen LogP contribution in [0.15, 0.2) is 57.9 Å². The van der Waals surface area contributed by atoms with Gasteiger partial charge in [-0.15, -0.1) is 0 Å². The second kappa shape index (κ2) is 6.52. The van der Waals surface area contributed by atoms with E-state index in [0.29, 0.717) is 31.2 Å². The number of amides is 1. The first-order valence-electron chi connectivity index (χ1n) is 7.86. The zero-order chi connectivity index (χ0) is 17.2. The van der Waals surface area contributed by atoms with Gasteiger partial charge in [0.15, 0.2) is 17.8 Å². The molecule has 3 aromatic rings. The summed E-state index contributed by atoms with van der Waals surface area (Å²) in [6.07, 6.45) is 2.42. The lowest BCUT2D eigenvalue weighted by atomic mass is 10.1. The van der Waals surface area contributed by atoms with Crippen molar-refractivity contribution in [2.45, 2.75) is 6.10 Å². The summed E-state index contributed by atoms with van der Waals surface area (Å²) in [7, 11) is 0. The number of hydrogen-bond donors (Lipinski definition) is 0. The third-order valence-electron chi connectivity index (χ3n) is 4.11. The lowest BCUT2D eigenvalue weighted by molar-refractivity contribution is -0.0230. The molecule has 25 heavy (non-hydrogen) atoms. The number of nitrogens with zero attached hydrogens (tertiary/aromatic N) is 2. The fourth-order valence-electron chi connectivity index (χ4n) is 2.84. The molecule has 128 valence electrons. The van der Waals surface area contributed by atoms with Gasteiger partial charge in [-0.1, -0.05) is 12.1 Å². The van der Waals surface area contributed by atoms with Gasteiger partial charge in [0.2, 0.25) is 5.76 Å². The summed E-state index contributed by atoms with van der Waals surface area (Å²) in [5.41, 5.74) is 1.03. The Bertz CT molecular complexity index is 858. The zero-order valence-electron chi connectivity index (χ0n) is 13.2. The van der Waals surface area contributed by atoms with Crippen LogP contribution in [0.1, 0.15) is 22.2 Å². The molecule has 0 saturated carbocycles. The molecule has 1 saturated heterocycles. The zero-order valence-corrected chi connectivity index (χ0v) is 13.2. The number of carbonyl (C=O) groups is 1. The summed E-state index contributed by atoms with van der Waals surface area (Å²) in [5.74, 6) is 0.192. The van der Waals surface area contributed by atoms with Crippen molar-refractivity contribution in [2.75, 3.05) is 19.7 Å². The van der Waals surface area contributed by atoms with E-state index in [2.05, 4.69) is 4.98 Å². The highest BCUT2D eigenvalue weighted by Crippen LogP contribution is 2.27. The van der Waals surface area contributed by atoms with Gasteiger partial charge in [0.1, 0.15) is 11.9 Å². The van der Waals surface area contributed by atoms with Crippen LogP contribution in [0.25, 0.3) is 11.5 Å². The minimum absolute atomic E-state index is 0.203. The van der Waals surface area contributed by atoms with Crippen LogP contribution in [0.5, 0.6) is 0 Å². The molecule has 0 bridgehead atoms. The Kier molecular flexibility index (Phi) is 4.07. The molecular formula is C18H15FN2O4. The van der Waals surface area contributed by atoms with E-state index in [1.165, 1.54) is 24.8 Å². The maximum absolute atomic E-state index is 13.1. The molecule has 6 nitrogen and oxygen atoms in total. The van der Waals surface area contributed by atoms with Crippen molar-refractivity contribution in [1.29, 1.82) is 0 Å². The molecule has 1 amide bonds. The molecule has 0 unspecified atom stereocenters. The monoisotopic (exact) mass is 342 g/mol. The van der Waals surface area contributed by atoms with Crippen LogP contribution < -0.4 is 0 Å². The predicted octanol–water partition coefficient (Wildman–Crippen LogP) is 3.29. The topological polar surface area (TPSA) is 68.7 Å². The van der Waals surface area contributed by atoms with Gasteiger partial charge in [-0.25, -0.2) is 9.37 Å². The number of ether oxygens (including phenoxy) is 1. The first-order chi connectivity index (χ1) is 12.2. The van der Waals surface area contributed by atoms with E-state index in [4.69, 9.17) is 13.6 Å². The molecule has 1 fully saturated rings. The van der Waals surface area contributed by atoms with Gasteiger partial charge in [0.05, 0.1) is 19.4 Å². The minimum Gasteiger partial charge on any atom is -0.461 e. The van der Waals surface area contributed by atoms with Crippen molar-refractivity contribution in [3.63, 3.8) is 0 Å². The summed E-state index contributed by atoms with van der Waals surface area (Å²) >= 11 is 0. The van der Waals surface area contributed by atoms with Crippen LogP contribution in [0.4, 0.5) is 4.39 Å². The molecule has 0 N–H and O–H groups in total. The molecule has 1 atom stereocenters. The second-order valence-corrected chi connectivity index (χ2v) is 5.67. The number of aromatic nitrogens is 1. The SMILES string of the molecule is O=C(c1ncoc1-c1ccco1)N1CCO[C@H](c2ccc(F)cc2)C1.